The fraction of sp³-hybridized carbons (Fsp3) is 0.722. The molecule has 1 aliphatic carbocycles. The van der Waals surface area contributed by atoms with Crippen LogP contribution in [0, 0.1) is 0 Å². The zero-order valence-electron chi connectivity index (χ0n) is 13.2. The molecule has 21 heavy (non-hydrogen) atoms. The largest absolute Gasteiger partial charge is 0.366 e. The van der Waals surface area contributed by atoms with Gasteiger partial charge in [-0.3, -0.25) is 4.79 Å². The Morgan fingerprint density at radius 1 is 0.905 bits per heavy atom. The van der Waals surface area contributed by atoms with Gasteiger partial charge >= 0.3 is 0 Å². The van der Waals surface area contributed by atoms with Crippen molar-refractivity contribution in [1.29, 1.82) is 0 Å². The monoisotopic (exact) mass is 307 g/mol. The summed E-state index contributed by atoms with van der Waals surface area (Å²) < 4.78 is 0. The van der Waals surface area contributed by atoms with Crippen molar-refractivity contribution in [3.8, 4) is 0 Å². The number of carbonyl (C=O) groups is 1. The highest BCUT2D eigenvalue weighted by Crippen LogP contribution is 2.36. The highest BCUT2D eigenvalue weighted by Gasteiger charge is 2.18. The van der Waals surface area contributed by atoms with Crippen molar-refractivity contribution in [2.45, 2.75) is 77.0 Å². The standard InChI is InChI=1S/C18H29NOS/c19-18(20)16-13-9-5-6-10-14-21-17(16)15-11-7-3-1-2-4-8-12-15/h11H,1-10,12-14H2,(H2,19,20). The first-order valence-electron chi connectivity index (χ1n) is 8.64. The fourth-order valence-electron chi connectivity index (χ4n) is 3.23. The van der Waals surface area contributed by atoms with E-state index in [4.69, 9.17) is 5.73 Å². The lowest BCUT2D eigenvalue weighted by Crippen LogP contribution is -2.16. The van der Waals surface area contributed by atoms with E-state index in [1.165, 1.54) is 61.8 Å². The molecule has 0 aromatic rings. The molecule has 0 aromatic carbocycles. The molecule has 0 spiro atoms. The number of hydrogen-bond donors (Lipinski definition) is 1. The number of thioether (sulfide) groups is 1. The molecule has 2 nitrogen and oxygen atoms in total. The van der Waals surface area contributed by atoms with Crippen LogP contribution in [0.4, 0.5) is 0 Å². The van der Waals surface area contributed by atoms with Crippen LogP contribution >= 0.6 is 11.8 Å². The summed E-state index contributed by atoms with van der Waals surface area (Å²) in [6, 6.07) is 0. The molecule has 2 N–H and O–H groups in total. The first-order valence-corrected chi connectivity index (χ1v) is 9.63. The van der Waals surface area contributed by atoms with Gasteiger partial charge in [-0.1, -0.05) is 38.2 Å². The lowest BCUT2D eigenvalue weighted by atomic mass is 9.99. The smallest absolute Gasteiger partial charge is 0.245 e. The van der Waals surface area contributed by atoms with Gasteiger partial charge in [0, 0.05) is 10.5 Å². The molecule has 0 bridgehead atoms. The topological polar surface area (TPSA) is 43.1 Å². The van der Waals surface area contributed by atoms with Gasteiger partial charge in [-0.2, -0.15) is 0 Å². The Morgan fingerprint density at radius 3 is 2.38 bits per heavy atom. The average Bonchev–Trinajstić information content (AvgIpc) is 2.68. The van der Waals surface area contributed by atoms with Crippen LogP contribution in [-0.2, 0) is 4.79 Å². The Bertz CT molecular complexity index is 411. The molecule has 2 rings (SSSR count). The molecule has 1 amide bonds. The number of primary amides is 1. The summed E-state index contributed by atoms with van der Waals surface area (Å²) in [6.45, 7) is 0. The van der Waals surface area contributed by atoms with E-state index in [1.807, 2.05) is 11.8 Å². The van der Waals surface area contributed by atoms with E-state index in [0.717, 1.165) is 37.0 Å². The molecule has 0 radical (unpaired) electrons. The Morgan fingerprint density at radius 2 is 1.57 bits per heavy atom. The molecular weight excluding hydrogens is 278 g/mol. The summed E-state index contributed by atoms with van der Waals surface area (Å²) in [5, 5.41) is 0. The van der Waals surface area contributed by atoms with Crippen LogP contribution in [-0.4, -0.2) is 11.7 Å². The Labute approximate surface area is 133 Å². The van der Waals surface area contributed by atoms with Gasteiger partial charge in [0.1, 0.15) is 0 Å². The van der Waals surface area contributed by atoms with Gasteiger partial charge in [0.25, 0.3) is 0 Å². The second kappa shape index (κ2) is 9.34. The molecule has 0 saturated carbocycles. The summed E-state index contributed by atoms with van der Waals surface area (Å²) in [5.74, 6) is 0.934. The summed E-state index contributed by atoms with van der Waals surface area (Å²) >= 11 is 1.89. The fourth-order valence-corrected chi connectivity index (χ4v) is 4.53. The molecule has 0 saturated heterocycles. The Kier molecular flexibility index (Phi) is 7.42. The van der Waals surface area contributed by atoms with Crippen LogP contribution in [0.1, 0.15) is 77.0 Å². The summed E-state index contributed by atoms with van der Waals surface area (Å²) in [6.07, 6.45) is 17.0. The molecule has 0 aromatic heterocycles. The Balaban J connectivity index is 2.25. The zero-order chi connectivity index (χ0) is 14.9. The SMILES string of the molecule is NC(=O)C1=C(C2=CCCCCCCC2)SCCCCCC1. The van der Waals surface area contributed by atoms with Crippen LogP contribution in [0.5, 0.6) is 0 Å². The second-order valence-corrected chi connectivity index (χ2v) is 7.33. The highest BCUT2D eigenvalue weighted by atomic mass is 32.2. The normalized spacial score (nSPS) is 23.0. The lowest BCUT2D eigenvalue weighted by molar-refractivity contribution is -0.114. The third kappa shape index (κ3) is 5.54. The number of hydrogen-bond acceptors (Lipinski definition) is 2. The number of rotatable bonds is 2. The maximum atomic E-state index is 11.9. The van der Waals surface area contributed by atoms with Crippen LogP contribution < -0.4 is 5.73 Å². The molecule has 3 heteroatoms. The van der Waals surface area contributed by atoms with Crippen molar-refractivity contribution in [1.82, 2.24) is 0 Å². The van der Waals surface area contributed by atoms with E-state index in [2.05, 4.69) is 6.08 Å². The maximum Gasteiger partial charge on any atom is 0.245 e. The lowest BCUT2D eigenvalue weighted by Gasteiger charge is -2.15. The maximum absolute atomic E-state index is 11.9. The van der Waals surface area contributed by atoms with Crippen LogP contribution in [0.3, 0.4) is 0 Å². The predicted octanol–water partition coefficient (Wildman–Crippen LogP) is 5.09. The van der Waals surface area contributed by atoms with Crippen molar-refractivity contribution >= 4 is 17.7 Å². The Hall–Kier alpha value is -0.700. The van der Waals surface area contributed by atoms with E-state index in [1.54, 1.807) is 0 Å². The minimum absolute atomic E-state index is 0.194. The van der Waals surface area contributed by atoms with Crippen LogP contribution in [0.25, 0.3) is 0 Å². The van der Waals surface area contributed by atoms with Crippen LogP contribution in [0.2, 0.25) is 0 Å². The first-order chi connectivity index (χ1) is 10.3. The summed E-state index contributed by atoms with van der Waals surface area (Å²) in [4.78, 5) is 13.2. The van der Waals surface area contributed by atoms with Gasteiger partial charge in [0.2, 0.25) is 5.91 Å². The molecule has 0 unspecified atom stereocenters. The summed E-state index contributed by atoms with van der Waals surface area (Å²) in [7, 11) is 0. The minimum Gasteiger partial charge on any atom is -0.366 e. The van der Waals surface area contributed by atoms with E-state index >= 15 is 0 Å². The molecular formula is C18H29NOS. The van der Waals surface area contributed by atoms with Crippen LogP contribution in [0.15, 0.2) is 22.1 Å². The van der Waals surface area contributed by atoms with Gasteiger partial charge in [-0.25, -0.2) is 0 Å². The second-order valence-electron chi connectivity index (χ2n) is 6.22. The first kappa shape index (κ1) is 16.7. The van der Waals surface area contributed by atoms with Gasteiger partial charge in [0.15, 0.2) is 0 Å². The van der Waals surface area contributed by atoms with E-state index in [-0.39, 0.29) is 5.91 Å². The molecule has 1 aliphatic heterocycles. The number of allylic oxidation sites excluding steroid dienone is 2. The third-order valence-corrected chi connectivity index (χ3v) is 5.76. The van der Waals surface area contributed by atoms with Crippen molar-refractivity contribution in [2.24, 2.45) is 5.73 Å². The highest BCUT2D eigenvalue weighted by molar-refractivity contribution is 8.03. The average molecular weight is 308 g/mol. The molecule has 118 valence electrons. The molecule has 1 heterocycles. The molecule has 2 aliphatic rings. The van der Waals surface area contributed by atoms with Crippen molar-refractivity contribution in [3.63, 3.8) is 0 Å². The van der Waals surface area contributed by atoms with Crippen molar-refractivity contribution < 1.29 is 4.79 Å². The number of carbonyl (C=O) groups excluding carboxylic acids is 1. The third-order valence-electron chi connectivity index (χ3n) is 4.47. The van der Waals surface area contributed by atoms with Gasteiger partial charge in [0.05, 0.1) is 0 Å². The molecule has 0 atom stereocenters. The quantitative estimate of drug-likeness (QED) is 0.771. The van der Waals surface area contributed by atoms with Gasteiger partial charge in [-0.15, -0.1) is 11.8 Å². The van der Waals surface area contributed by atoms with Gasteiger partial charge in [-0.05, 0) is 56.3 Å². The van der Waals surface area contributed by atoms with Crippen molar-refractivity contribution in [2.75, 3.05) is 5.75 Å². The number of nitrogens with two attached hydrogens (primary N) is 1. The predicted molar refractivity (Wildman–Crippen MR) is 92.2 cm³/mol. The van der Waals surface area contributed by atoms with Crippen molar-refractivity contribution in [3.05, 3.63) is 22.1 Å². The van der Waals surface area contributed by atoms with Gasteiger partial charge < -0.3 is 5.73 Å². The van der Waals surface area contributed by atoms with E-state index < -0.39 is 0 Å². The van der Waals surface area contributed by atoms with E-state index in [9.17, 15) is 4.79 Å². The van der Waals surface area contributed by atoms with E-state index in [0.29, 0.717) is 0 Å². The molecule has 0 fully saturated rings. The number of amides is 1. The minimum atomic E-state index is -0.194. The zero-order valence-corrected chi connectivity index (χ0v) is 14.0. The summed E-state index contributed by atoms with van der Waals surface area (Å²) in [5.41, 5.74) is 8.02.